The molecule has 0 saturated carbocycles. The van der Waals surface area contributed by atoms with Gasteiger partial charge in [0.25, 0.3) is 0 Å². The van der Waals surface area contributed by atoms with Gasteiger partial charge in [-0.2, -0.15) is 0 Å². The number of hydrogen-bond donors (Lipinski definition) is 3. The minimum atomic E-state index is -1.14. The smallest absolute Gasteiger partial charge is 0.407 e. The molecule has 1 saturated heterocycles. The minimum Gasteiger partial charge on any atom is -0.480 e. The summed E-state index contributed by atoms with van der Waals surface area (Å²) in [7, 11) is 0. The molecule has 0 radical (unpaired) electrons. The molecule has 1 fully saturated rings. The number of aliphatic hydroxyl groups is 1. The maximum atomic E-state index is 12.8. The average Bonchev–Trinajstić information content (AvgIpc) is 3.36. The third-order valence-electron chi connectivity index (χ3n) is 6.61. The Kier molecular flexibility index (Phi) is 7.17. The van der Waals surface area contributed by atoms with Gasteiger partial charge in [0.05, 0.1) is 6.10 Å². The molecule has 2 aliphatic rings. The molecular weight excluding hydrogens is 436 g/mol. The summed E-state index contributed by atoms with van der Waals surface area (Å²) in [6.07, 6.45) is -0.223. The number of carboxylic acid groups (broad SMARTS) is 1. The lowest BCUT2D eigenvalue weighted by molar-refractivity contribution is -0.148. The van der Waals surface area contributed by atoms with E-state index in [9.17, 15) is 24.6 Å². The van der Waals surface area contributed by atoms with E-state index in [1.54, 1.807) is 0 Å². The Morgan fingerprint density at radius 3 is 2.29 bits per heavy atom. The number of ether oxygens (including phenoxy) is 1. The molecule has 180 valence electrons. The van der Waals surface area contributed by atoms with E-state index in [0.717, 1.165) is 28.7 Å². The van der Waals surface area contributed by atoms with Crippen LogP contribution < -0.4 is 5.32 Å². The first-order valence-electron chi connectivity index (χ1n) is 11.7. The second-order valence-corrected chi connectivity index (χ2v) is 8.95. The van der Waals surface area contributed by atoms with E-state index in [-0.39, 0.29) is 31.9 Å². The standard InChI is InChI=1S/C26H30N2O6/c1-2-7-16(12-24(30)28-14-17(29)13-23(28)25(31)32)27-26(33)34-15-22-20-10-5-3-8-18(20)19-9-4-6-11-21(19)22/h3-6,8-11,16-17,22-23,29H,2,7,12-15H2,1H3,(H,27,33)(H,31,32)/t16?,17?,23-/m0/s1. The summed E-state index contributed by atoms with van der Waals surface area (Å²) in [6, 6.07) is 14.6. The monoisotopic (exact) mass is 466 g/mol. The summed E-state index contributed by atoms with van der Waals surface area (Å²) in [5.74, 6) is -1.60. The number of aliphatic hydroxyl groups excluding tert-OH is 1. The summed E-state index contributed by atoms with van der Waals surface area (Å²) in [5.41, 5.74) is 4.51. The van der Waals surface area contributed by atoms with E-state index >= 15 is 0 Å². The number of aliphatic carboxylic acids is 1. The van der Waals surface area contributed by atoms with E-state index < -0.39 is 36.2 Å². The Morgan fingerprint density at radius 2 is 1.71 bits per heavy atom. The Balaban J connectivity index is 1.37. The van der Waals surface area contributed by atoms with Crippen molar-refractivity contribution in [2.45, 2.75) is 56.7 Å². The third kappa shape index (κ3) is 4.92. The van der Waals surface area contributed by atoms with Crippen molar-refractivity contribution in [3.63, 3.8) is 0 Å². The Morgan fingerprint density at radius 1 is 1.09 bits per heavy atom. The Bertz CT molecular complexity index is 1030. The van der Waals surface area contributed by atoms with Crippen LogP contribution in [0.15, 0.2) is 48.5 Å². The van der Waals surface area contributed by atoms with Crippen LogP contribution in [-0.2, 0) is 14.3 Å². The van der Waals surface area contributed by atoms with Gasteiger partial charge in [-0.3, -0.25) is 4.79 Å². The van der Waals surface area contributed by atoms with Crippen molar-refractivity contribution in [3.05, 3.63) is 59.7 Å². The number of carbonyl (C=O) groups excluding carboxylic acids is 2. The van der Waals surface area contributed by atoms with Crippen molar-refractivity contribution in [2.24, 2.45) is 0 Å². The largest absolute Gasteiger partial charge is 0.480 e. The van der Waals surface area contributed by atoms with Crippen LogP contribution >= 0.6 is 0 Å². The molecule has 1 aliphatic carbocycles. The van der Waals surface area contributed by atoms with E-state index in [2.05, 4.69) is 17.4 Å². The fourth-order valence-corrected chi connectivity index (χ4v) is 5.03. The number of nitrogens with one attached hydrogen (secondary N) is 1. The fraction of sp³-hybridized carbons (Fsp3) is 0.423. The lowest BCUT2D eigenvalue weighted by atomic mass is 9.98. The molecule has 1 aliphatic heterocycles. The van der Waals surface area contributed by atoms with Crippen LogP contribution in [-0.4, -0.2) is 64.4 Å². The summed E-state index contributed by atoms with van der Waals surface area (Å²) in [5, 5.41) is 21.9. The van der Waals surface area contributed by atoms with Gasteiger partial charge in [-0.15, -0.1) is 0 Å². The van der Waals surface area contributed by atoms with Crippen LogP contribution in [0.5, 0.6) is 0 Å². The van der Waals surface area contributed by atoms with Crippen LogP contribution in [0.25, 0.3) is 11.1 Å². The molecule has 8 heteroatoms. The molecule has 0 spiro atoms. The predicted molar refractivity (Wildman–Crippen MR) is 125 cm³/mol. The number of carbonyl (C=O) groups is 3. The molecule has 3 atom stereocenters. The van der Waals surface area contributed by atoms with Crippen molar-refractivity contribution in [3.8, 4) is 11.1 Å². The highest BCUT2D eigenvalue weighted by molar-refractivity contribution is 5.85. The van der Waals surface area contributed by atoms with Crippen LogP contribution in [0.4, 0.5) is 4.79 Å². The number of fused-ring (bicyclic) bond motifs is 3. The first kappa shape index (κ1) is 23.8. The van der Waals surface area contributed by atoms with Crippen molar-refractivity contribution >= 4 is 18.0 Å². The molecule has 2 aromatic rings. The van der Waals surface area contributed by atoms with Crippen LogP contribution in [0.3, 0.4) is 0 Å². The zero-order chi connectivity index (χ0) is 24.2. The first-order valence-corrected chi connectivity index (χ1v) is 11.7. The first-order chi connectivity index (χ1) is 16.4. The maximum absolute atomic E-state index is 12.8. The number of likely N-dealkylation sites (tertiary alicyclic amines) is 1. The molecule has 34 heavy (non-hydrogen) atoms. The number of rotatable bonds is 8. The third-order valence-corrected chi connectivity index (χ3v) is 6.61. The van der Waals surface area contributed by atoms with E-state index in [0.29, 0.717) is 6.42 Å². The van der Waals surface area contributed by atoms with Gasteiger partial charge in [0.15, 0.2) is 0 Å². The van der Waals surface area contributed by atoms with E-state index in [1.165, 1.54) is 4.90 Å². The maximum Gasteiger partial charge on any atom is 0.407 e. The average molecular weight is 467 g/mol. The van der Waals surface area contributed by atoms with Gasteiger partial charge in [-0.1, -0.05) is 61.9 Å². The van der Waals surface area contributed by atoms with Gasteiger partial charge in [0.2, 0.25) is 5.91 Å². The van der Waals surface area contributed by atoms with Gasteiger partial charge >= 0.3 is 12.1 Å². The molecule has 1 heterocycles. The summed E-state index contributed by atoms with van der Waals surface area (Å²) >= 11 is 0. The molecule has 3 N–H and O–H groups in total. The normalized spacial score (nSPS) is 19.9. The predicted octanol–water partition coefficient (Wildman–Crippen LogP) is 3.13. The molecule has 2 unspecified atom stereocenters. The highest BCUT2D eigenvalue weighted by Crippen LogP contribution is 2.44. The van der Waals surface area contributed by atoms with Crippen LogP contribution in [0.1, 0.15) is 49.7 Å². The van der Waals surface area contributed by atoms with Crippen LogP contribution in [0, 0.1) is 0 Å². The number of amides is 2. The van der Waals surface area contributed by atoms with Gasteiger partial charge in [0, 0.05) is 31.3 Å². The molecule has 0 bridgehead atoms. The quantitative estimate of drug-likeness (QED) is 0.551. The molecule has 2 aromatic carbocycles. The Hall–Kier alpha value is -3.39. The SMILES string of the molecule is CCCC(CC(=O)N1CC(O)C[C@H]1C(=O)O)NC(=O)OCC1c2ccccc2-c2ccccc21. The summed E-state index contributed by atoms with van der Waals surface area (Å²) in [4.78, 5) is 38.0. The number of benzene rings is 2. The van der Waals surface area contributed by atoms with Gasteiger partial charge in [0.1, 0.15) is 12.6 Å². The van der Waals surface area contributed by atoms with Gasteiger partial charge in [-0.25, -0.2) is 9.59 Å². The van der Waals surface area contributed by atoms with Crippen molar-refractivity contribution in [2.75, 3.05) is 13.2 Å². The van der Waals surface area contributed by atoms with E-state index in [1.807, 2.05) is 43.3 Å². The van der Waals surface area contributed by atoms with E-state index in [4.69, 9.17) is 4.74 Å². The minimum absolute atomic E-state index is 0.0132. The second-order valence-electron chi connectivity index (χ2n) is 8.95. The summed E-state index contributed by atoms with van der Waals surface area (Å²) in [6.45, 7) is 2.10. The highest BCUT2D eigenvalue weighted by Gasteiger charge is 2.39. The Labute approximate surface area is 198 Å². The zero-order valence-electron chi connectivity index (χ0n) is 19.1. The number of carboxylic acids is 1. The number of alkyl carbamates (subject to hydrolysis) is 1. The molecular formula is C26H30N2O6. The highest BCUT2D eigenvalue weighted by atomic mass is 16.5. The second kappa shape index (κ2) is 10.3. The number of β-amino-alcohol motifs (C(OH)–C–C–N with tert-alkyl or cyclic N) is 1. The lowest BCUT2D eigenvalue weighted by Gasteiger charge is -2.25. The zero-order valence-corrected chi connectivity index (χ0v) is 19.1. The van der Waals surface area contributed by atoms with Crippen LogP contribution in [0.2, 0.25) is 0 Å². The van der Waals surface area contributed by atoms with Crippen molar-refractivity contribution in [1.82, 2.24) is 10.2 Å². The molecule has 2 amide bonds. The topological polar surface area (TPSA) is 116 Å². The summed E-state index contributed by atoms with van der Waals surface area (Å²) < 4.78 is 5.59. The molecule has 0 aromatic heterocycles. The number of hydrogen-bond acceptors (Lipinski definition) is 5. The van der Waals surface area contributed by atoms with Gasteiger partial charge in [-0.05, 0) is 28.7 Å². The fourth-order valence-electron chi connectivity index (χ4n) is 5.03. The van der Waals surface area contributed by atoms with Crippen molar-refractivity contribution < 1.29 is 29.3 Å². The number of nitrogens with zero attached hydrogens (tertiary/aromatic N) is 1. The molecule has 4 rings (SSSR count). The lowest BCUT2D eigenvalue weighted by Crippen LogP contribution is -2.45. The van der Waals surface area contributed by atoms with Crippen molar-refractivity contribution in [1.29, 1.82) is 0 Å². The molecule has 8 nitrogen and oxygen atoms in total. The van der Waals surface area contributed by atoms with Gasteiger partial charge < -0.3 is 25.2 Å².